The van der Waals surface area contributed by atoms with Gasteiger partial charge in [0.05, 0.1) is 13.2 Å². The van der Waals surface area contributed by atoms with Gasteiger partial charge in [-0.3, -0.25) is 0 Å². The van der Waals surface area contributed by atoms with Gasteiger partial charge in [0.25, 0.3) is 0 Å². The zero-order valence-electron chi connectivity index (χ0n) is 11.7. The Morgan fingerprint density at radius 3 is 0.885 bits per heavy atom. The maximum absolute atomic E-state index is 12.6. The molecular weight excluding hydrogens is 418 g/mol. The molecule has 0 aliphatic carbocycles. The van der Waals surface area contributed by atoms with Crippen LogP contribution in [0, 0.1) is 0 Å². The third-order valence-corrected chi connectivity index (χ3v) is 2.33. The van der Waals surface area contributed by atoms with Gasteiger partial charge in [-0.1, -0.05) is 12.2 Å². The van der Waals surface area contributed by atoms with Crippen LogP contribution in [-0.4, -0.2) is 49.6 Å². The molecule has 0 heterocycles. The van der Waals surface area contributed by atoms with Crippen LogP contribution in [0.2, 0.25) is 0 Å². The highest BCUT2D eigenvalue weighted by molar-refractivity contribution is 4.89. The maximum atomic E-state index is 12.6. The molecule has 0 spiro atoms. The SMILES string of the molecule is FC(F)(F)C(F)(F)C(F)(F)OCC=CCOC(F)(F)C(F)(F)C(F)(F)F. The highest BCUT2D eigenvalue weighted by Crippen LogP contribution is 2.48. The van der Waals surface area contributed by atoms with Crippen LogP contribution in [0.5, 0.6) is 0 Å². The summed E-state index contributed by atoms with van der Waals surface area (Å²) >= 11 is 0. The molecule has 0 saturated heterocycles. The molecule has 0 saturated carbocycles. The van der Waals surface area contributed by atoms with Crippen molar-refractivity contribution in [1.82, 2.24) is 0 Å². The molecule has 0 bridgehead atoms. The lowest BCUT2D eigenvalue weighted by molar-refractivity contribution is -0.423. The largest absolute Gasteiger partial charge is 0.462 e. The molecular formula is C10H6F14O2. The van der Waals surface area contributed by atoms with E-state index < -0.39 is 49.6 Å². The summed E-state index contributed by atoms with van der Waals surface area (Å²) in [6, 6.07) is 0. The average molecular weight is 424 g/mol. The molecule has 26 heavy (non-hydrogen) atoms. The summed E-state index contributed by atoms with van der Waals surface area (Å²) in [5.74, 6) is -13.2. The second-order valence-corrected chi connectivity index (χ2v) is 4.27. The van der Waals surface area contributed by atoms with Crippen LogP contribution in [0.25, 0.3) is 0 Å². The fraction of sp³-hybridized carbons (Fsp3) is 0.800. The zero-order valence-corrected chi connectivity index (χ0v) is 11.7. The van der Waals surface area contributed by atoms with Crippen molar-refractivity contribution in [2.45, 2.75) is 36.4 Å². The first-order valence-electron chi connectivity index (χ1n) is 5.78. The molecule has 2 nitrogen and oxygen atoms in total. The van der Waals surface area contributed by atoms with Crippen LogP contribution in [0.1, 0.15) is 0 Å². The molecule has 0 aromatic rings. The van der Waals surface area contributed by atoms with E-state index in [1.54, 1.807) is 0 Å². The van der Waals surface area contributed by atoms with Crippen molar-refractivity contribution in [2.24, 2.45) is 0 Å². The van der Waals surface area contributed by atoms with E-state index in [4.69, 9.17) is 0 Å². The normalized spacial score (nSPS) is 15.8. The van der Waals surface area contributed by atoms with Gasteiger partial charge in [0, 0.05) is 0 Å². The molecule has 0 N–H and O–H groups in total. The van der Waals surface area contributed by atoms with Gasteiger partial charge < -0.3 is 9.47 Å². The Morgan fingerprint density at radius 2 is 0.692 bits per heavy atom. The Kier molecular flexibility index (Phi) is 6.99. The maximum Gasteiger partial charge on any atom is 0.462 e. The summed E-state index contributed by atoms with van der Waals surface area (Å²) in [4.78, 5) is 0. The summed E-state index contributed by atoms with van der Waals surface area (Å²) in [6.07, 6.45) is -25.5. The molecule has 0 unspecified atom stereocenters. The summed E-state index contributed by atoms with van der Waals surface area (Å²) < 4.78 is 176. The van der Waals surface area contributed by atoms with Crippen LogP contribution < -0.4 is 0 Å². The van der Waals surface area contributed by atoms with Gasteiger partial charge in [0.15, 0.2) is 0 Å². The van der Waals surface area contributed by atoms with Gasteiger partial charge in [-0.15, -0.1) is 0 Å². The lowest BCUT2D eigenvalue weighted by atomic mass is 10.3. The number of hydrogen-bond donors (Lipinski definition) is 0. The predicted octanol–water partition coefficient (Wildman–Crippen LogP) is 5.16. The van der Waals surface area contributed by atoms with E-state index in [-0.39, 0.29) is 12.2 Å². The second kappa shape index (κ2) is 7.36. The van der Waals surface area contributed by atoms with E-state index in [2.05, 4.69) is 9.47 Å². The molecule has 16 heteroatoms. The highest BCUT2D eigenvalue weighted by atomic mass is 19.4. The first-order chi connectivity index (χ1) is 11.2. The van der Waals surface area contributed by atoms with Crippen molar-refractivity contribution in [3.8, 4) is 0 Å². The Morgan fingerprint density at radius 1 is 0.462 bits per heavy atom. The van der Waals surface area contributed by atoms with Crippen molar-refractivity contribution in [2.75, 3.05) is 13.2 Å². The number of rotatable bonds is 8. The van der Waals surface area contributed by atoms with Crippen LogP contribution in [0.3, 0.4) is 0 Å². The van der Waals surface area contributed by atoms with Crippen LogP contribution in [0.4, 0.5) is 61.5 Å². The average Bonchev–Trinajstić information content (AvgIpc) is 2.39. The predicted molar refractivity (Wildman–Crippen MR) is 52.9 cm³/mol. The minimum absolute atomic E-state index is 0.0438. The summed E-state index contributed by atoms with van der Waals surface area (Å²) in [5, 5.41) is 0. The highest BCUT2D eigenvalue weighted by Gasteiger charge is 2.75. The fourth-order valence-electron chi connectivity index (χ4n) is 0.953. The topological polar surface area (TPSA) is 18.5 Å². The quantitative estimate of drug-likeness (QED) is 0.396. The van der Waals surface area contributed by atoms with Gasteiger partial charge in [-0.05, 0) is 0 Å². The standard InChI is InChI=1S/C10H6F14O2/c11-5(12,7(15,16)17)9(21,22)25-3-1-2-4-26-10(23,24)6(13,14)8(18,19)20/h1-2H,3-4H2. The zero-order chi connectivity index (χ0) is 21.2. The summed E-state index contributed by atoms with van der Waals surface area (Å²) in [7, 11) is 0. The Labute approximate surface area is 134 Å². The van der Waals surface area contributed by atoms with Crippen molar-refractivity contribution < 1.29 is 70.9 Å². The number of hydrogen-bond acceptors (Lipinski definition) is 2. The Bertz CT molecular complexity index is 445. The summed E-state index contributed by atoms with van der Waals surface area (Å²) in [5.41, 5.74) is 0. The van der Waals surface area contributed by atoms with Crippen molar-refractivity contribution in [3.63, 3.8) is 0 Å². The van der Waals surface area contributed by atoms with Crippen LogP contribution in [0.15, 0.2) is 12.2 Å². The molecule has 0 aromatic heterocycles. The van der Waals surface area contributed by atoms with E-state index in [0.717, 1.165) is 0 Å². The molecule has 0 fully saturated rings. The molecule has 0 amide bonds. The molecule has 0 rings (SSSR count). The van der Waals surface area contributed by atoms with Crippen LogP contribution in [-0.2, 0) is 9.47 Å². The number of halogens is 14. The van der Waals surface area contributed by atoms with E-state index in [1.165, 1.54) is 0 Å². The lowest BCUT2D eigenvalue weighted by Gasteiger charge is -2.27. The van der Waals surface area contributed by atoms with Gasteiger partial charge in [-0.25, -0.2) is 0 Å². The monoisotopic (exact) mass is 424 g/mol. The molecule has 0 radical (unpaired) electrons. The molecule has 156 valence electrons. The first-order valence-corrected chi connectivity index (χ1v) is 5.78. The third-order valence-electron chi connectivity index (χ3n) is 2.33. The minimum Gasteiger partial charge on any atom is -0.311 e. The first kappa shape index (κ1) is 24.7. The van der Waals surface area contributed by atoms with Crippen LogP contribution >= 0.6 is 0 Å². The van der Waals surface area contributed by atoms with Gasteiger partial charge in [0.2, 0.25) is 0 Å². The van der Waals surface area contributed by atoms with Crippen molar-refractivity contribution in [3.05, 3.63) is 12.2 Å². The Balaban J connectivity index is 4.68. The van der Waals surface area contributed by atoms with Gasteiger partial charge in [0.1, 0.15) is 0 Å². The van der Waals surface area contributed by atoms with Gasteiger partial charge >= 0.3 is 36.4 Å². The molecule has 0 atom stereocenters. The molecule has 0 aliphatic heterocycles. The van der Waals surface area contributed by atoms with Crippen molar-refractivity contribution in [1.29, 1.82) is 0 Å². The fourth-order valence-corrected chi connectivity index (χ4v) is 0.953. The lowest BCUT2D eigenvalue weighted by Crippen LogP contribution is -2.53. The second-order valence-electron chi connectivity index (χ2n) is 4.27. The molecule has 0 aliphatic rings. The van der Waals surface area contributed by atoms with E-state index in [1.807, 2.05) is 0 Å². The molecule has 0 aromatic carbocycles. The van der Waals surface area contributed by atoms with E-state index in [9.17, 15) is 61.5 Å². The van der Waals surface area contributed by atoms with Gasteiger partial charge in [-0.2, -0.15) is 61.5 Å². The van der Waals surface area contributed by atoms with E-state index >= 15 is 0 Å². The minimum atomic E-state index is -6.70. The third kappa shape index (κ3) is 5.11. The number of ether oxygens (including phenoxy) is 2. The van der Waals surface area contributed by atoms with Crippen molar-refractivity contribution >= 4 is 0 Å². The summed E-state index contributed by atoms with van der Waals surface area (Å²) in [6.45, 7) is -3.55. The Hall–Kier alpha value is -1.32. The van der Waals surface area contributed by atoms with E-state index in [0.29, 0.717) is 0 Å². The number of alkyl halides is 14. The smallest absolute Gasteiger partial charge is 0.311 e.